The molecule has 1 aromatic rings. The zero-order chi connectivity index (χ0) is 11.8. The maximum absolute atomic E-state index is 11.4. The third-order valence-electron chi connectivity index (χ3n) is 2.24. The Morgan fingerprint density at radius 3 is 2.75 bits per heavy atom. The summed E-state index contributed by atoms with van der Waals surface area (Å²) in [4.78, 5) is 16.2. The van der Waals surface area contributed by atoms with Gasteiger partial charge in [-0.25, -0.2) is 5.48 Å². The van der Waals surface area contributed by atoms with Gasteiger partial charge in [-0.15, -0.1) is 0 Å². The first kappa shape index (κ1) is 12.7. The van der Waals surface area contributed by atoms with Gasteiger partial charge in [0.2, 0.25) is 0 Å². The lowest BCUT2D eigenvalue weighted by Gasteiger charge is -2.11. The second kappa shape index (κ2) is 6.98. The molecule has 0 aromatic heterocycles. The van der Waals surface area contributed by atoms with Gasteiger partial charge in [0.15, 0.2) is 0 Å². The Morgan fingerprint density at radius 2 is 2.12 bits per heavy atom. The van der Waals surface area contributed by atoms with Crippen LogP contribution in [0.25, 0.3) is 0 Å². The van der Waals surface area contributed by atoms with Crippen molar-refractivity contribution in [2.75, 3.05) is 6.61 Å². The van der Waals surface area contributed by atoms with E-state index in [9.17, 15) is 4.79 Å². The predicted octanol–water partition coefficient (Wildman–Crippen LogP) is 1.01. The van der Waals surface area contributed by atoms with Crippen molar-refractivity contribution in [3.05, 3.63) is 35.9 Å². The number of hydrogen-bond donors (Lipinski definition) is 2. The summed E-state index contributed by atoms with van der Waals surface area (Å²) in [6.45, 7) is 2.24. The molecule has 1 atom stereocenters. The monoisotopic (exact) mass is 222 g/mol. The molecule has 0 bridgehead atoms. The van der Waals surface area contributed by atoms with Crippen molar-refractivity contribution in [3.8, 4) is 0 Å². The fourth-order valence-electron chi connectivity index (χ4n) is 1.32. The number of nitrogens with one attached hydrogen (secondary N) is 1. The van der Waals surface area contributed by atoms with E-state index in [1.54, 1.807) is 6.92 Å². The molecular weight excluding hydrogens is 204 g/mol. The van der Waals surface area contributed by atoms with E-state index in [2.05, 4.69) is 5.48 Å². The number of hydrogen-bond acceptors (Lipinski definition) is 3. The Kier molecular flexibility index (Phi) is 5.53. The van der Waals surface area contributed by atoms with Crippen LogP contribution in [-0.4, -0.2) is 18.6 Å². The van der Waals surface area contributed by atoms with E-state index < -0.39 is 6.04 Å². The molecule has 0 aliphatic carbocycles. The second-order valence-electron chi connectivity index (χ2n) is 3.53. The molecule has 0 spiro atoms. The molecule has 0 aliphatic heterocycles. The van der Waals surface area contributed by atoms with Gasteiger partial charge in [0.05, 0.1) is 12.6 Å². The van der Waals surface area contributed by atoms with Crippen LogP contribution in [0.2, 0.25) is 0 Å². The van der Waals surface area contributed by atoms with Gasteiger partial charge in [-0.1, -0.05) is 30.3 Å². The standard InChI is InChI=1S/C12H18N2O2/c1-2-16-14-12(15)11(13)9-8-10-6-4-3-5-7-10/h3-7,11H,2,8-9,13H2,1H3,(H,14,15). The Hall–Kier alpha value is -1.39. The summed E-state index contributed by atoms with van der Waals surface area (Å²) < 4.78 is 0. The van der Waals surface area contributed by atoms with Crippen molar-refractivity contribution in [3.63, 3.8) is 0 Å². The summed E-state index contributed by atoms with van der Waals surface area (Å²) in [7, 11) is 0. The molecule has 0 saturated carbocycles. The van der Waals surface area contributed by atoms with Gasteiger partial charge < -0.3 is 5.73 Å². The molecule has 0 heterocycles. The van der Waals surface area contributed by atoms with Crippen LogP contribution in [0.3, 0.4) is 0 Å². The maximum atomic E-state index is 11.4. The molecule has 16 heavy (non-hydrogen) atoms. The normalized spacial score (nSPS) is 12.1. The first-order valence-electron chi connectivity index (χ1n) is 5.45. The number of hydroxylamine groups is 1. The summed E-state index contributed by atoms with van der Waals surface area (Å²) >= 11 is 0. The van der Waals surface area contributed by atoms with Gasteiger partial charge in [-0.2, -0.15) is 0 Å². The largest absolute Gasteiger partial charge is 0.320 e. The maximum Gasteiger partial charge on any atom is 0.260 e. The molecule has 88 valence electrons. The summed E-state index contributed by atoms with van der Waals surface area (Å²) in [5, 5.41) is 0. The van der Waals surface area contributed by atoms with Crippen molar-refractivity contribution in [1.82, 2.24) is 5.48 Å². The van der Waals surface area contributed by atoms with Crippen molar-refractivity contribution < 1.29 is 9.63 Å². The predicted molar refractivity (Wildman–Crippen MR) is 62.5 cm³/mol. The minimum atomic E-state index is -0.522. The quantitative estimate of drug-likeness (QED) is 0.706. The second-order valence-corrected chi connectivity index (χ2v) is 3.53. The van der Waals surface area contributed by atoms with E-state index in [0.717, 1.165) is 6.42 Å². The number of carbonyl (C=O) groups is 1. The molecule has 4 heteroatoms. The van der Waals surface area contributed by atoms with Crippen LogP contribution in [0, 0.1) is 0 Å². The zero-order valence-electron chi connectivity index (χ0n) is 9.48. The van der Waals surface area contributed by atoms with E-state index >= 15 is 0 Å². The number of benzene rings is 1. The molecule has 1 aromatic carbocycles. The topological polar surface area (TPSA) is 64.3 Å². The van der Waals surface area contributed by atoms with Crippen LogP contribution in [0.5, 0.6) is 0 Å². The average Bonchev–Trinajstić information content (AvgIpc) is 2.34. The first-order chi connectivity index (χ1) is 7.74. The van der Waals surface area contributed by atoms with Gasteiger partial charge in [0, 0.05) is 0 Å². The smallest absolute Gasteiger partial charge is 0.260 e. The van der Waals surface area contributed by atoms with E-state index in [-0.39, 0.29) is 5.91 Å². The minimum Gasteiger partial charge on any atom is -0.320 e. The van der Waals surface area contributed by atoms with Crippen LogP contribution in [0.1, 0.15) is 18.9 Å². The molecule has 1 amide bonds. The van der Waals surface area contributed by atoms with Crippen LogP contribution >= 0.6 is 0 Å². The van der Waals surface area contributed by atoms with Crippen LogP contribution in [0.4, 0.5) is 0 Å². The molecule has 1 unspecified atom stereocenters. The van der Waals surface area contributed by atoms with Crippen LogP contribution in [-0.2, 0) is 16.1 Å². The Balaban J connectivity index is 2.29. The minimum absolute atomic E-state index is 0.266. The van der Waals surface area contributed by atoms with Gasteiger partial charge in [0.1, 0.15) is 0 Å². The molecule has 0 radical (unpaired) electrons. The average molecular weight is 222 g/mol. The number of rotatable bonds is 6. The van der Waals surface area contributed by atoms with Crippen LogP contribution in [0.15, 0.2) is 30.3 Å². The van der Waals surface area contributed by atoms with Gasteiger partial charge >= 0.3 is 0 Å². The van der Waals surface area contributed by atoms with E-state index in [4.69, 9.17) is 10.6 Å². The fraction of sp³-hybridized carbons (Fsp3) is 0.417. The summed E-state index contributed by atoms with van der Waals surface area (Å²) in [5.41, 5.74) is 9.20. The molecule has 4 nitrogen and oxygen atoms in total. The van der Waals surface area contributed by atoms with Crippen LogP contribution < -0.4 is 11.2 Å². The van der Waals surface area contributed by atoms with Gasteiger partial charge in [-0.05, 0) is 25.3 Å². The van der Waals surface area contributed by atoms with Crippen molar-refractivity contribution in [1.29, 1.82) is 0 Å². The highest BCUT2D eigenvalue weighted by molar-refractivity contribution is 5.80. The number of nitrogens with two attached hydrogens (primary N) is 1. The fourth-order valence-corrected chi connectivity index (χ4v) is 1.32. The molecule has 0 aliphatic rings. The highest BCUT2D eigenvalue weighted by atomic mass is 16.6. The van der Waals surface area contributed by atoms with E-state index in [1.165, 1.54) is 5.56 Å². The number of aryl methyl sites for hydroxylation is 1. The number of amides is 1. The molecule has 3 N–H and O–H groups in total. The van der Waals surface area contributed by atoms with Gasteiger partial charge in [-0.3, -0.25) is 9.63 Å². The van der Waals surface area contributed by atoms with Crippen molar-refractivity contribution in [2.45, 2.75) is 25.8 Å². The molecule has 0 saturated heterocycles. The molecule has 1 rings (SSSR count). The first-order valence-corrected chi connectivity index (χ1v) is 5.45. The SMILES string of the molecule is CCONC(=O)C(N)CCc1ccccc1. The van der Waals surface area contributed by atoms with Gasteiger partial charge in [0.25, 0.3) is 5.91 Å². The lowest BCUT2D eigenvalue weighted by atomic mass is 10.1. The lowest BCUT2D eigenvalue weighted by molar-refractivity contribution is -0.134. The highest BCUT2D eigenvalue weighted by Gasteiger charge is 2.12. The summed E-state index contributed by atoms with van der Waals surface area (Å²) in [5.74, 6) is -0.266. The third kappa shape index (κ3) is 4.42. The van der Waals surface area contributed by atoms with Crippen molar-refractivity contribution >= 4 is 5.91 Å². The van der Waals surface area contributed by atoms with E-state index in [1.807, 2.05) is 30.3 Å². The number of carbonyl (C=O) groups excluding carboxylic acids is 1. The Labute approximate surface area is 95.7 Å². The van der Waals surface area contributed by atoms with Crippen molar-refractivity contribution in [2.24, 2.45) is 5.73 Å². The Bertz CT molecular complexity index is 314. The summed E-state index contributed by atoms with van der Waals surface area (Å²) in [6, 6.07) is 9.43. The molecule has 0 fully saturated rings. The van der Waals surface area contributed by atoms with E-state index in [0.29, 0.717) is 13.0 Å². The third-order valence-corrected chi connectivity index (χ3v) is 2.24. The zero-order valence-corrected chi connectivity index (χ0v) is 9.48. The Morgan fingerprint density at radius 1 is 1.44 bits per heavy atom. The lowest BCUT2D eigenvalue weighted by Crippen LogP contribution is -2.40. The summed E-state index contributed by atoms with van der Waals surface area (Å²) in [6.07, 6.45) is 1.41. The highest BCUT2D eigenvalue weighted by Crippen LogP contribution is 2.03. The molecular formula is C12H18N2O2.